The van der Waals surface area contributed by atoms with E-state index in [1.165, 1.54) is 6.92 Å². The number of benzene rings is 1. The Morgan fingerprint density at radius 1 is 1.27 bits per heavy atom. The van der Waals surface area contributed by atoms with Crippen LogP contribution in [0.25, 0.3) is 5.57 Å². The second-order valence-electron chi connectivity index (χ2n) is 3.74. The highest BCUT2D eigenvalue weighted by Crippen LogP contribution is 2.37. The lowest BCUT2D eigenvalue weighted by molar-refractivity contribution is -0.170. The van der Waals surface area contributed by atoms with E-state index in [-0.39, 0.29) is 0 Å². The van der Waals surface area contributed by atoms with Gasteiger partial charge in [-0.25, -0.2) is 4.79 Å². The summed E-state index contributed by atoms with van der Waals surface area (Å²) in [5, 5.41) is 9.95. The molecular formula is C12H12O3. The van der Waals surface area contributed by atoms with Crippen molar-refractivity contribution in [2.24, 2.45) is 0 Å². The van der Waals surface area contributed by atoms with Crippen molar-refractivity contribution in [1.29, 1.82) is 0 Å². The third-order valence-corrected chi connectivity index (χ3v) is 2.50. The molecule has 78 valence electrons. The van der Waals surface area contributed by atoms with Crippen molar-refractivity contribution in [3.63, 3.8) is 0 Å². The van der Waals surface area contributed by atoms with Crippen molar-refractivity contribution in [1.82, 2.24) is 0 Å². The van der Waals surface area contributed by atoms with Crippen molar-refractivity contribution >= 4 is 11.5 Å². The summed E-state index contributed by atoms with van der Waals surface area (Å²) in [7, 11) is 0. The van der Waals surface area contributed by atoms with E-state index < -0.39 is 11.8 Å². The highest BCUT2D eigenvalue weighted by atomic mass is 16.7. The number of esters is 1. The number of hydrogen-bond acceptors (Lipinski definition) is 3. The normalized spacial score (nSPS) is 25.7. The average molecular weight is 204 g/mol. The van der Waals surface area contributed by atoms with Gasteiger partial charge in [0, 0.05) is 18.1 Å². The molecule has 1 aliphatic rings. The van der Waals surface area contributed by atoms with Gasteiger partial charge in [0.15, 0.2) is 0 Å². The monoisotopic (exact) mass is 204 g/mol. The summed E-state index contributed by atoms with van der Waals surface area (Å²) in [5.41, 5.74) is 1.82. The number of rotatable bonds is 1. The van der Waals surface area contributed by atoms with E-state index in [4.69, 9.17) is 4.74 Å². The third-order valence-electron chi connectivity index (χ3n) is 2.50. The van der Waals surface area contributed by atoms with E-state index in [9.17, 15) is 9.90 Å². The zero-order chi connectivity index (χ0) is 11.1. The molecule has 0 saturated heterocycles. The molecular weight excluding hydrogens is 192 g/mol. The molecule has 1 N–H and O–H groups in total. The lowest BCUT2D eigenvalue weighted by Gasteiger charge is -2.19. The van der Waals surface area contributed by atoms with Crippen LogP contribution in [-0.4, -0.2) is 16.9 Å². The van der Waals surface area contributed by atoms with Gasteiger partial charge in [0.2, 0.25) is 5.79 Å². The molecule has 2 rings (SSSR count). The number of cyclic esters (lactones) is 1. The summed E-state index contributed by atoms with van der Waals surface area (Å²) >= 11 is 0. The van der Waals surface area contributed by atoms with E-state index in [1.807, 2.05) is 30.3 Å². The first-order valence-electron chi connectivity index (χ1n) is 4.75. The Balaban J connectivity index is 2.57. The Bertz CT molecular complexity index is 429. The van der Waals surface area contributed by atoms with Crippen LogP contribution in [0.2, 0.25) is 0 Å². The molecule has 1 atom stereocenters. The highest BCUT2D eigenvalue weighted by molar-refractivity contribution is 6.03. The van der Waals surface area contributed by atoms with E-state index in [0.29, 0.717) is 11.1 Å². The summed E-state index contributed by atoms with van der Waals surface area (Å²) in [4.78, 5) is 11.3. The Labute approximate surface area is 88.0 Å². The number of ether oxygens (including phenoxy) is 1. The average Bonchev–Trinajstić information content (AvgIpc) is 2.37. The molecule has 0 aromatic heterocycles. The number of aliphatic hydroxyl groups is 1. The fourth-order valence-corrected chi connectivity index (χ4v) is 1.85. The van der Waals surface area contributed by atoms with E-state index in [2.05, 4.69) is 0 Å². The molecule has 3 nitrogen and oxygen atoms in total. The fraction of sp³-hybridized carbons (Fsp3) is 0.250. The van der Waals surface area contributed by atoms with Gasteiger partial charge in [-0.2, -0.15) is 0 Å². The second kappa shape index (κ2) is 3.21. The Morgan fingerprint density at radius 2 is 1.87 bits per heavy atom. The number of carbonyl (C=O) groups is 1. The van der Waals surface area contributed by atoms with Crippen LogP contribution in [0.3, 0.4) is 0 Å². The molecule has 1 aliphatic heterocycles. The largest absolute Gasteiger partial charge is 0.426 e. The van der Waals surface area contributed by atoms with E-state index >= 15 is 0 Å². The first kappa shape index (κ1) is 9.93. The van der Waals surface area contributed by atoms with Crippen LogP contribution in [-0.2, 0) is 9.53 Å². The van der Waals surface area contributed by atoms with Crippen molar-refractivity contribution in [3.8, 4) is 0 Å². The van der Waals surface area contributed by atoms with Crippen LogP contribution in [0.15, 0.2) is 35.9 Å². The number of carbonyl (C=O) groups excluding carboxylic acids is 1. The molecule has 0 saturated carbocycles. The van der Waals surface area contributed by atoms with Gasteiger partial charge in [-0.1, -0.05) is 30.3 Å². The van der Waals surface area contributed by atoms with Gasteiger partial charge in [0.05, 0.1) is 0 Å². The summed E-state index contributed by atoms with van der Waals surface area (Å²) in [6, 6.07) is 9.28. The van der Waals surface area contributed by atoms with Crippen LogP contribution >= 0.6 is 0 Å². The summed E-state index contributed by atoms with van der Waals surface area (Å²) in [5.74, 6) is -1.97. The van der Waals surface area contributed by atoms with E-state index in [1.54, 1.807) is 6.92 Å². The molecule has 1 unspecified atom stereocenters. The molecule has 1 aromatic rings. The summed E-state index contributed by atoms with van der Waals surface area (Å²) < 4.78 is 4.87. The van der Waals surface area contributed by atoms with Gasteiger partial charge in [-0.15, -0.1) is 0 Å². The predicted molar refractivity (Wildman–Crippen MR) is 55.8 cm³/mol. The van der Waals surface area contributed by atoms with Crippen LogP contribution in [0.1, 0.15) is 19.4 Å². The molecule has 15 heavy (non-hydrogen) atoms. The minimum Gasteiger partial charge on any atom is -0.426 e. The first-order valence-corrected chi connectivity index (χ1v) is 4.75. The van der Waals surface area contributed by atoms with Crippen LogP contribution < -0.4 is 0 Å². The molecule has 0 spiro atoms. The minimum absolute atomic E-state index is 0.459. The van der Waals surface area contributed by atoms with E-state index in [0.717, 1.165) is 5.56 Å². The first-order chi connectivity index (χ1) is 7.02. The van der Waals surface area contributed by atoms with Crippen molar-refractivity contribution in [2.45, 2.75) is 19.6 Å². The minimum atomic E-state index is -1.51. The summed E-state index contributed by atoms with van der Waals surface area (Å²) in [6.45, 7) is 3.13. The van der Waals surface area contributed by atoms with Crippen LogP contribution in [0.5, 0.6) is 0 Å². The zero-order valence-corrected chi connectivity index (χ0v) is 8.65. The number of hydrogen-bond donors (Lipinski definition) is 1. The Hall–Kier alpha value is -1.61. The molecule has 0 amide bonds. The smallest absolute Gasteiger partial charge is 0.337 e. The predicted octanol–water partition coefficient (Wildman–Crippen LogP) is 1.73. The second-order valence-corrected chi connectivity index (χ2v) is 3.74. The molecule has 1 heterocycles. The van der Waals surface area contributed by atoms with Crippen LogP contribution in [0, 0.1) is 0 Å². The van der Waals surface area contributed by atoms with Crippen LogP contribution in [0.4, 0.5) is 0 Å². The maximum Gasteiger partial charge on any atom is 0.337 e. The van der Waals surface area contributed by atoms with Gasteiger partial charge < -0.3 is 9.84 Å². The van der Waals surface area contributed by atoms with Crippen molar-refractivity contribution in [2.75, 3.05) is 0 Å². The van der Waals surface area contributed by atoms with Crippen molar-refractivity contribution < 1.29 is 14.6 Å². The highest BCUT2D eigenvalue weighted by Gasteiger charge is 2.41. The molecule has 0 aliphatic carbocycles. The molecule has 0 fully saturated rings. The molecule has 1 aromatic carbocycles. The lowest BCUT2D eigenvalue weighted by Crippen LogP contribution is -2.26. The van der Waals surface area contributed by atoms with Gasteiger partial charge in [0.25, 0.3) is 0 Å². The maximum atomic E-state index is 11.3. The quantitative estimate of drug-likeness (QED) is 0.708. The molecule has 0 bridgehead atoms. The lowest BCUT2D eigenvalue weighted by atomic mass is 9.96. The SMILES string of the molecule is CC1=C(c2ccccc2)C(C)(O)OC1=O. The van der Waals surface area contributed by atoms with Crippen molar-refractivity contribution in [3.05, 3.63) is 41.5 Å². The van der Waals surface area contributed by atoms with Gasteiger partial charge in [-0.05, 0) is 12.5 Å². The topological polar surface area (TPSA) is 46.5 Å². The molecule has 3 heteroatoms. The fourth-order valence-electron chi connectivity index (χ4n) is 1.85. The third kappa shape index (κ3) is 1.55. The summed E-state index contributed by atoms with van der Waals surface area (Å²) in [6.07, 6.45) is 0. The van der Waals surface area contributed by atoms with Gasteiger partial charge >= 0.3 is 5.97 Å². The standard InChI is InChI=1S/C12H12O3/c1-8-10(9-6-4-3-5-7-9)12(2,14)15-11(8)13/h3-7,14H,1-2H3. The Morgan fingerprint density at radius 3 is 2.33 bits per heavy atom. The maximum absolute atomic E-state index is 11.3. The molecule has 0 radical (unpaired) electrons. The van der Waals surface area contributed by atoms with Gasteiger partial charge in [0.1, 0.15) is 0 Å². The zero-order valence-electron chi connectivity index (χ0n) is 8.65. The van der Waals surface area contributed by atoms with Gasteiger partial charge in [-0.3, -0.25) is 0 Å². The Kier molecular flexibility index (Phi) is 2.12.